The first kappa shape index (κ1) is 21.1. The molecule has 1 aliphatic heterocycles. The maximum Gasteiger partial charge on any atom is 0.490 e. The number of fused-ring (bicyclic) bond motifs is 1. The Kier molecular flexibility index (Phi) is 6.80. The molecule has 1 N–H and O–H groups in total. The number of amides is 1. The van der Waals surface area contributed by atoms with Crippen LogP contribution < -0.4 is 0 Å². The van der Waals surface area contributed by atoms with Crippen LogP contribution in [-0.2, 0) is 20.7 Å². The van der Waals surface area contributed by atoms with Gasteiger partial charge in [-0.2, -0.15) is 13.2 Å². The zero-order valence-electron chi connectivity index (χ0n) is 15.0. The van der Waals surface area contributed by atoms with Gasteiger partial charge in [-0.3, -0.25) is 9.78 Å². The molecule has 0 spiro atoms. The molecule has 0 bridgehead atoms. The molecule has 2 fully saturated rings. The van der Waals surface area contributed by atoms with Gasteiger partial charge in [-0.15, -0.1) is 0 Å². The van der Waals surface area contributed by atoms with Crippen LogP contribution in [0.1, 0.15) is 25.0 Å². The third-order valence-corrected chi connectivity index (χ3v) is 5.13. The lowest BCUT2D eigenvalue weighted by Gasteiger charge is -2.27. The second kappa shape index (κ2) is 8.69. The van der Waals surface area contributed by atoms with Crippen molar-refractivity contribution in [1.82, 2.24) is 9.88 Å². The topological polar surface area (TPSA) is 79.7 Å². The minimum atomic E-state index is -5.08. The highest BCUT2D eigenvalue weighted by Gasteiger charge is 2.50. The van der Waals surface area contributed by atoms with Crippen molar-refractivity contribution in [3.05, 3.63) is 30.1 Å². The van der Waals surface area contributed by atoms with E-state index in [1.165, 1.54) is 19.3 Å². The first-order chi connectivity index (χ1) is 12.7. The van der Waals surface area contributed by atoms with E-state index in [0.29, 0.717) is 12.3 Å². The lowest BCUT2D eigenvalue weighted by molar-refractivity contribution is -0.192. The van der Waals surface area contributed by atoms with Gasteiger partial charge in [-0.05, 0) is 30.9 Å². The summed E-state index contributed by atoms with van der Waals surface area (Å²) in [5.74, 6) is -1.93. The molecule has 0 unspecified atom stereocenters. The van der Waals surface area contributed by atoms with Crippen molar-refractivity contribution in [3.8, 4) is 0 Å². The van der Waals surface area contributed by atoms with Crippen LogP contribution >= 0.6 is 0 Å². The molecule has 0 radical (unpaired) electrons. The third-order valence-electron chi connectivity index (χ3n) is 5.13. The van der Waals surface area contributed by atoms with E-state index in [1.54, 1.807) is 13.3 Å². The van der Waals surface area contributed by atoms with Crippen LogP contribution in [0.3, 0.4) is 0 Å². The number of carboxylic acid groups (broad SMARTS) is 1. The number of carboxylic acids is 1. The molecular weight excluding hydrogens is 365 g/mol. The molecule has 1 aromatic rings. The van der Waals surface area contributed by atoms with Gasteiger partial charge >= 0.3 is 12.1 Å². The first-order valence-corrected chi connectivity index (χ1v) is 8.65. The standard InChI is InChI=1S/C16H22N2O2.C2HF3O2/c1-20-12-16-7-4-5-13(16)10-18(11-16)15(19)9-14-6-2-3-8-17-14;3-2(4,5)1(6)7/h2-3,6,8,13H,4-5,7,9-12H2,1H3;(H,6,7)/t13-,16+;/m1./s1. The summed E-state index contributed by atoms with van der Waals surface area (Å²) in [4.78, 5) is 27.6. The quantitative estimate of drug-likeness (QED) is 0.858. The summed E-state index contributed by atoms with van der Waals surface area (Å²) >= 11 is 0. The summed E-state index contributed by atoms with van der Waals surface area (Å²) in [6, 6.07) is 5.72. The maximum absolute atomic E-state index is 12.4. The average molecular weight is 388 g/mol. The molecule has 27 heavy (non-hydrogen) atoms. The van der Waals surface area contributed by atoms with Gasteiger partial charge in [0.05, 0.1) is 13.0 Å². The van der Waals surface area contributed by atoms with E-state index < -0.39 is 12.1 Å². The molecule has 3 rings (SSSR count). The number of pyridine rings is 1. The average Bonchev–Trinajstić information content (AvgIpc) is 3.12. The number of alkyl halides is 3. The van der Waals surface area contributed by atoms with E-state index in [2.05, 4.69) is 4.98 Å². The van der Waals surface area contributed by atoms with Gasteiger partial charge < -0.3 is 14.7 Å². The minimum Gasteiger partial charge on any atom is -0.475 e. The van der Waals surface area contributed by atoms with Crippen LogP contribution in [0.25, 0.3) is 0 Å². The fourth-order valence-corrected chi connectivity index (χ4v) is 3.90. The zero-order valence-corrected chi connectivity index (χ0v) is 15.0. The number of methoxy groups -OCH3 is 1. The van der Waals surface area contributed by atoms with Crippen LogP contribution in [-0.4, -0.2) is 59.8 Å². The van der Waals surface area contributed by atoms with E-state index in [-0.39, 0.29) is 11.3 Å². The van der Waals surface area contributed by atoms with Crippen LogP contribution in [0, 0.1) is 11.3 Å². The summed E-state index contributed by atoms with van der Waals surface area (Å²) in [6.07, 6.45) is 0.774. The number of aliphatic carboxylic acids is 1. The van der Waals surface area contributed by atoms with Crippen molar-refractivity contribution in [2.75, 3.05) is 26.8 Å². The van der Waals surface area contributed by atoms with Gasteiger partial charge in [0.1, 0.15) is 0 Å². The molecule has 1 saturated carbocycles. The Morgan fingerprint density at radius 1 is 1.41 bits per heavy atom. The number of likely N-dealkylation sites (tertiary alicyclic amines) is 1. The Morgan fingerprint density at radius 3 is 2.67 bits per heavy atom. The molecule has 2 aliphatic rings. The Balaban J connectivity index is 0.000000321. The number of aromatic nitrogens is 1. The maximum atomic E-state index is 12.4. The van der Waals surface area contributed by atoms with Gasteiger partial charge in [-0.25, -0.2) is 4.79 Å². The highest BCUT2D eigenvalue weighted by Crippen LogP contribution is 2.48. The highest BCUT2D eigenvalue weighted by molar-refractivity contribution is 5.78. The number of hydrogen-bond donors (Lipinski definition) is 1. The minimum absolute atomic E-state index is 0.202. The predicted molar refractivity (Wildman–Crippen MR) is 89.9 cm³/mol. The lowest BCUT2D eigenvalue weighted by atomic mass is 9.82. The molecule has 0 aromatic carbocycles. The largest absolute Gasteiger partial charge is 0.490 e. The van der Waals surface area contributed by atoms with Gasteiger partial charge in [0.15, 0.2) is 0 Å². The van der Waals surface area contributed by atoms with Crippen molar-refractivity contribution >= 4 is 11.9 Å². The van der Waals surface area contributed by atoms with Crippen molar-refractivity contribution in [2.24, 2.45) is 11.3 Å². The molecule has 9 heteroatoms. The van der Waals surface area contributed by atoms with Crippen molar-refractivity contribution < 1.29 is 32.6 Å². The Morgan fingerprint density at radius 2 is 2.11 bits per heavy atom. The first-order valence-electron chi connectivity index (χ1n) is 8.65. The molecule has 1 aliphatic carbocycles. The second-order valence-corrected chi connectivity index (χ2v) is 6.96. The molecule has 2 atom stereocenters. The molecule has 1 aromatic heterocycles. The van der Waals surface area contributed by atoms with Gasteiger partial charge in [0.2, 0.25) is 5.91 Å². The third kappa shape index (κ3) is 5.41. The van der Waals surface area contributed by atoms with Crippen LogP contribution in [0.4, 0.5) is 13.2 Å². The van der Waals surface area contributed by atoms with E-state index in [0.717, 1.165) is 25.4 Å². The summed E-state index contributed by atoms with van der Waals surface area (Å²) in [6.45, 7) is 2.54. The summed E-state index contributed by atoms with van der Waals surface area (Å²) in [7, 11) is 1.77. The Hall–Kier alpha value is -2.16. The molecule has 1 amide bonds. The fraction of sp³-hybridized carbons (Fsp3) is 0.611. The molecular formula is C18H23F3N2O4. The number of hydrogen-bond acceptors (Lipinski definition) is 4. The predicted octanol–water partition coefficient (Wildman–Crippen LogP) is 2.53. The number of ether oxygens (including phenoxy) is 1. The van der Waals surface area contributed by atoms with Crippen LogP contribution in [0.2, 0.25) is 0 Å². The fourth-order valence-electron chi connectivity index (χ4n) is 3.90. The molecule has 1 saturated heterocycles. The monoisotopic (exact) mass is 388 g/mol. The second-order valence-electron chi connectivity index (χ2n) is 6.96. The Bertz CT molecular complexity index is 654. The van der Waals surface area contributed by atoms with E-state index in [1.807, 2.05) is 23.1 Å². The number of carbonyl (C=O) groups excluding carboxylic acids is 1. The number of halogens is 3. The van der Waals surface area contributed by atoms with Gasteiger partial charge in [-0.1, -0.05) is 12.5 Å². The molecule has 150 valence electrons. The number of carbonyl (C=O) groups is 2. The highest BCUT2D eigenvalue weighted by atomic mass is 19.4. The zero-order chi connectivity index (χ0) is 20.1. The lowest BCUT2D eigenvalue weighted by Crippen LogP contribution is -2.35. The van der Waals surface area contributed by atoms with Crippen molar-refractivity contribution in [1.29, 1.82) is 0 Å². The van der Waals surface area contributed by atoms with Crippen LogP contribution in [0.5, 0.6) is 0 Å². The smallest absolute Gasteiger partial charge is 0.475 e. The van der Waals surface area contributed by atoms with E-state index in [4.69, 9.17) is 14.6 Å². The molecule has 2 heterocycles. The SMILES string of the molecule is COC[C@@]12CCC[C@@H]1CN(C(=O)Cc1ccccn1)C2.O=C(O)C(F)(F)F. The summed E-state index contributed by atoms with van der Waals surface area (Å²) < 4.78 is 37.2. The van der Waals surface area contributed by atoms with Crippen molar-refractivity contribution in [3.63, 3.8) is 0 Å². The van der Waals surface area contributed by atoms with Gasteiger partial charge in [0.25, 0.3) is 0 Å². The van der Waals surface area contributed by atoms with E-state index >= 15 is 0 Å². The van der Waals surface area contributed by atoms with E-state index in [9.17, 15) is 18.0 Å². The van der Waals surface area contributed by atoms with Crippen molar-refractivity contribution in [2.45, 2.75) is 31.9 Å². The number of nitrogens with zero attached hydrogens (tertiary/aromatic N) is 2. The summed E-state index contributed by atoms with van der Waals surface area (Å²) in [5, 5.41) is 7.12. The number of rotatable bonds is 4. The molecule has 6 nitrogen and oxygen atoms in total. The Labute approximate surface area is 155 Å². The normalized spacial score (nSPS) is 24.1. The van der Waals surface area contributed by atoms with Gasteiger partial charge in [0, 0.05) is 37.5 Å². The van der Waals surface area contributed by atoms with Crippen LogP contribution in [0.15, 0.2) is 24.4 Å². The summed E-state index contributed by atoms with van der Waals surface area (Å²) in [5.41, 5.74) is 1.07.